The predicted molar refractivity (Wildman–Crippen MR) is 79.2 cm³/mol. The summed E-state index contributed by atoms with van der Waals surface area (Å²) in [5, 5.41) is 0.0655. The minimum absolute atomic E-state index is 0.0655. The number of carbonyl (C=O) groups is 1. The molecule has 0 unspecified atom stereocenters. The van der Waals surface area contributed by atoms with Crippen LogP contribution >= 0.6 is 11.6 Å². The predicted octanol–water partition coefficient (Wildman–Crippen LogP) is 2.93. The second kappa shape index (κ2) is 6.05. The molecule has 1 aromatic rings. The first-order valence-electron chi connectivity index (χ1n) is 6.80. The highest BCUT2D eigenvalue weighted by molar-refractivity contribution is 6.33. The molecule has 7 heteroatoms. The number of halogens is 2. The van der Waals surface area contributed by atoms with Crippen LogP contribution in [0.4, 0.5) is 14.9 Å². The molecule has 0 spiro atoms. The van der Waals surface area contributed by atoms with Gasteiger partial charge in [-0.3, -0.25) is 4.98 Å². The lowest BCUT2D eigenvalue weighted by atomic mass is 10.2. The number of hydrogen-bond acceptors (Lipinski definition) is 4. The average Bonchev–Trinajstić information content (AvgIpc) is 2.40. The van der Waals surface area contributed by atoms with Gasteiger partial charge in [-0.25, -0.2) is 9.18 Å². The smallest absolute Gasteiger partial charge is 0.410 e. The fraction of sp³-hybridized carbons (Fsp3) is 0.571. The van der Waals surface area contributed by atoms with Crippen LogP contribution in [0, 0.1) is 5.82 Å². The summed E-state index contributed by atoms with van der Waals surface area (Å²) in [4.78, 5) is 19.3. The molecule has 1 aliphatic rings. The van der Waals surface area contributed by atoms with Gasteiger partial charge in [0.05, 0.1) is 18.1 Å². The molecule has 0 aliphatic carbocycles. The maximum absolute atomic E-state index is 13.4. The van der Waals surface area contributed by atoms with E-state index >= 15 is 0 Å². The van der Waals surface area contributed by atoms with Gasteiger partial charge in [-0.2, -0.15) is 0 Å². The molecule has 1 fully saturated rings. The highest BCUT2D eigenvalue weighted by Gasteiger charge is 2.27. The molecular formula is C14H19ClFN3O2. The Kier molecular flexibility index (Phi) is 4.56. The normalized spacial score (nSPS) is 16.0. The maximum atomic E-state index is 13.4. The summed E-state index contributed by atoms with van der Waals surface area (Å²) in [5.41, 5.74) is 0.0461. The van der Waals surface area contributed by atoms with Crippen LogP contribution in [0.25, 0.3) is 0 Å². The van der Waals surface area contributed by atoms with Crippen LogP contribution < -0.4 is 4.90 Å². The fourth-order valence-corrected chi connectivity index (χ4v) is 2.30. The molecule has 0 atom stereocenters. The molecule has 2 rings (SSSR count). The Hall–Kier alpha value is -1.56. The molecule has 21 heavy (non-hydrogen) atoms. The first kappa shape index (κ1) is 15.8. The van der Waals surface area contributed by atoms with Gasteiger partial charge in [-0.05, 0) is 20.8 Å². The van der Waals surface area contributed by atoms with E-state index in [-0.39, 0.29) is 11.1 Å². The zero-order valence-electron chi connectivity index (χ0n) is 12.4. The molecule has 0 N–H and O–H groups in total. The van der Waals surface area contributed by atoms with Crippen LogP contribution in [-0.2, 0) is 4.74 Å². The van der Waals surface area contributed by atoms with E-state index in [2.05, 4.69) is 4.98 Å². The number of carbonyl (C=O) groups excluding carboxylic acids is 1. The lowest BCUT2D eigenvalue weighted by Crippen LogP contribution is -2.50. The molecule has 1 saturated heterocycles. The Labute approximate surface area is 128 Å². The minimum Gasteiger partial charge on any atom is -0.444 e. The van der Waals surface area contributed by atoms with E-state index in [0.717, 1.165) is 6.20 Å². The molecule has 0 radical (unpaired) electrons. The number of ether oxygens (including phenoxy) is 1. The average molecular weight is 316 g/mol. The number of piperazine rings is 1. The van der Waals surface area contributed by atoms with Crippen molar-refractivity contribution in [2.24, 2.45) is 0 Å². The summed E-state index contributed by atoms with van der Waals surface area (Å²) in [5.74, 6) is -0.538. The van der Waals surface area contributed by atoms with E-state index in [9.17, 15) is 9.18 Å². The summed E-state index contributed by atoms with van der Waals surface area (Å²) in [6, 6.07) is 0. The van der Waals surface area contributed by atoms with Gasteiger partial charge in [0, 0.05) is 26.2 Å². The molecule has 5 nitrogen and oxygen atoms in total. The Bertz CT molecular complexity index is 525. The van der Waals surface area contributed by atoms with Crippen LogP contribution in [0.2, 0.25) is 5.02 Å². The van der Waals surface area contributed by atoms with Crippen molar-refractivity contribution < 1.29 is 13.9 Å². The molecule has 1 aliphatic heterocycles. The second-order valence-corrected chi connectivity index (χ2v) is 6.29. The van der Waals surface area contributed by atoms with Gasteiger partial charge in [0.25, 0.3) is 0 Å². The van der Waals surface area contributed by atoms with Crippen molar-refractivity contribution in [1.29, 1.82) is 0 Å². The van der Waals surface area contributed by atoms with Gasteiger partial charge in [0.2, 0.25) is 0 Å². The Balaban J connectivity index is 1.97. The van der Waals surface area contributed by atoms with E-state index in [4.69, 9.17) is 16.3 Å². The Morgan fingerprint density at radius 3 is 2.48 bits per heavy atom. The largest absolute Gasteiger partial charge is 0.444 e. The van der Waals surface area contributed by atoms with Gasteiger partial charge in [0.15, 0.2) is 5.82 Å². The number of aromatic nitrogens is 1. The zero-order valence-corrected chi connectivity index (χ0v) is 13.2. The minimum atomic E-state index is -0.538. The Morgan fingerprint density at radius 2 is 1.90 bits per heavy atom. The van der Waals surface area contributed by atoms with Gasteiger partial charge in [0.1, 0.15) is 10.6 Å². The van der Waals surface area contributed by atoms with E-state index in [1.54, 1.807) is 4.90 Å². The lowest BCUT2D eigenvalue weighted by Gasteiger charge is -2.36. The number of hydrogen-bond donors (Lipinski definition) is 0. The van der Waals surface area contributed by atoms with Crippen molar-refractivity contribution in [2.45, 2.75) is 26.4 Å². The van der Waals surface area contributed by atoms with Gasteiger partial charge >= 0.3 is 6.09 Å². The van der Waals surface area contributed by atoms with Gasteiger partial charge in [-0.15, -0.1) is 0 Å². The van der Waals surface area contributed by atoms with Crippen molar-refractivity contribution in [3.05, 3.63) is 23.2 Å². The fourth-order valence-electron chi connectivity index (χ4n) is 2.09. The van der Waals surface area contributed by atoms with E-state index in [1.165, 1.54) is 6.20 Å². The highest BCUT2D eigenvalue weighted by Crippen LogP contribution is 2.28. The Morgan fingerprint density at radius 1 is 1.29 bits per heavy atom. The summed E-state index contributed by atoms with van der Waals surface area (Å²) in [7, 11) is 0. The summed E-state index contributed by atoms with van der Waals surface area (Å²) in [6.07, 6.45) is 2.29. The van der Waals surface area contributed by atoms with Crippen molar-refractivity contribution in [1.82, 2.24) is 9.88 Å². The zero-order chi connectivity index (χ0) is 15.6. The van der Waals surface area contributed by atoms with Crippen LogP contribution in [0.5, 0.6) is 0 Å². The number of amides is 1. The number of anilines is 1. The van der Waals surface area contributed by atoms with Crippen LogP contribution in [0.1, 0.15) is 20.8 Å². The third-order valence-corrected chi connectivity index (χ3v) is 3.47. The third-order valence-electron chi connectivity index (χ3n) is 3.09. The molecule has 2 heterocycles. The van der Waals surface area contributed by atoms with E-state index < -0.39 is 11.4 Å². The summed E-state index contributed by atoms with van der Waals surface area (Å²) in [6.45, 7) is 7.62. The summed E-state index contributed by atoms with van der Waals surface area (Å²) < 4.78 is 18.8. The van der Waals surface area contributed by atoms with Crippen LogP contribution in [-0.4, -0.2) is 47.8 Å². The van der Waals surface area contributed by atoms with Gasteiger partial charge < -0.3 is 14.5 Å². The molecule has 0 bridgehead atoms. The molecule has 1 aromatic heterocycles. The topological polar surface area (TPSA) is 45.7 Å². The first-order chi connectivity index (χ1) is 9.78. The first-order valence-corrected chi connectivity index (χ1v) is 7.17. The molecule has 1 amide bonds. The van der Waals surface area contributed by atoms with Crippen molar-refractivity contribution in [3.8, 4) is 0 Å². The van der Waals surface area contributed by atoms with Crippen molar-refractivity contribution in [2.75, 3.05) is 31.1 Å². The monoisotopic (exact) mass is 315 g/mol. The molecule has 0 saturated carbocycles. The van der Waals surface area contributed by atoms with Crippen molar-refractivity contribution in [3.63, 3.8) is 0 Å². The molecule has 116 valence electrons. The summed E-state index contributed by atoms with van der Waals surface area (Å²) >= 11 is 5.95. The standard InChI is InChI=1S/C14H19ClFN3O2/c1-14(2,3)21-13(20)19-6-4-18(5-7-19)11-9-17-8-10(16)12(11)15/h8-9H,4-7H2,1-3H3. The number of nitrogens with zero attached hydrogens (tertiary/aromatic N) is 3. The highest BCUT2D eigenvalue weighted by atomic mass is 35.5. The number of rotatable bonds is 1. The van der Waals surface area contributed by atoms with E-state index in [1.807, 2.05) is 25.7 Å². The van der Waals surface area contributed by atoms with E-state index in [0.29, 0.717) is 31.9 Å². The molecular weight excluding hydrogens is 297 g/mol. The maximum Gasteiger partial charge on any atom is 0.410 e. The van der Waals surface area contributed by atoms with Crippen LogP contribution in [0.15, 0.2) is 12.4 Å². The SMILES string of the molecule is CC(C)(C)OC(=O)N1CCN(c2cncc(F)c2Cl)CC1. The third kappa shape index (κ3) is 3.97. The number of pyridine rings is 1. The lowest BCUT2D eigenvalue weighted by molar-refractivity contribution is 0.0240. The van der Waals surface area contributed by atoms with Crippen molar-refractivity contribution >= 4 is 23.4 Å². The van der Waals surface area contributed by atoms with Gasteiger partial charge in [-0.1, -0.05) is 11.6 Å². The molecule has 0 aromatic carbocycles. The quantitative estimate of drug-likeness (QED) is 0.799. The second-order valence-electron chi connectivity index (χ2n) is 5.91. The van der Waals surface area contributed by atoms with Crippen LogP contribution in [0.3, 0.4) is 0 Å².